The van der Waals surface area contributed by atoms with Gasteiger partial charge in [-0.2, -0.15) is 0 Å². The first kappa shape index (κ1) is 18.2. The molecule has 3 rings (SSSR count). The second kappa shape index (κ2) is 8.16. The summed E-state index contributed by atoms with van der Waals surface area (Å²) in [5, 5.41) is 13.9. The fraction of sp³-hybridized carbons (Fsp3) is 0.556. The molecule has 2 N–H and O–H groups in total. The predicted octanol–water partition coefficient (Wildman–Crippen LogP) is 2.53. The Morgan fingerprint density at radius 2 is 2.04 bits per heavy atom. The summed E-state index contributed by atoms with van der Waals surface area (Å²) in [7, 11) is 0. The lowest BCUT2D eigenvalue weighted by molar-refractivity contribution is -0.149. The number of rotatable bonds is 5. The van der Waals surface area contributed by atoms with Crippen molar-refractivity contribution in [3.63, 3.8) is 0 Å². The molecule has 8 nitrogen and oxygen atoms in total. The minimum Gasteiger partial charge on any atom is -0.466 e. The van der Waals surface area contributed by atoms with E-state index < -0.39 is 0 Å². The molecular formula is C18H25N5O3. The van der Waals surface area contributed by atoms with E-state index in [2.05, 4.69) is 20.8 Å². The smallest absolute Gasteiger partial charge is 0.319 e. The number of fused-ring (bicyclic) bond motifs is 1. The van der Waals surface area contributed by atoms with Gasteiger partial charge in [-0.25, -0.2) is 4.79 Å². The molecule has 2 aromatic rings. The van der Waals surface area contributed by atoms with E-state index in [4.69, 9.17) is 4.74 Å². The minimum absolute atomic E-state index is 0.00816. The first-order chi connectivity index (χ1) is 12.6. The predicted molar refractivity (Wildman–Crippen MR) is 96.8 cm³/mol. The molecule has 8 heteroatoms. The Hall–Kier alpha value is -2.64. The number of urea groups is 1. The number of hydrogen-bond acceptors (Lipinski definition) is 5. The zero-order chi connectivity index (χ0) is 18.5. The van der Waals surface area contributed by atoms with Crippen LogP contribution in [0.2, 0.25) is 0 Å². The van der Waals surface area contributed by atoms with E-state index in [-0.39, 0.29) is 17.9 Å². The van der Waals surface area contributed by atoms with Gasteiger partial charge in [0.1, 0.15) is 5.82 Å². The molecule has 1 fully saturated rings. The molecule has 1 aliphatic carbocycles. The van der Waals surface area contributed by atoms with Gasteiger partial charge in [0.15, 0.2) is 5.65 Å². The minimum atomic E-state index is -0.258. The fourth-order valence-corrected chi connectivity index (χ4v) is 3.39. The number of aromatic nitrogens is 3. The summed E-state index contributed by atoms with van der Waals surface area (Å²) < 4.78 is 6.91. The quantitative estimate of drug-likeness (QED) is 0.800. The molecule has 0 bridgehead atoms. The molecule has 0 atom stereocenters. The normalized spacial score (nSPS) is 19.9. The fourth-order valence-electron chi connectivity index (χ4n) is 3.39. The highest BCUT2D eigenvalue weighted by atomic mass is 16.5. The van der Waals surface area contributed by atoms with E-state index in [1.165, 1.54) is 0 Å². The van der Waals surface area contributed by atoms with E-state index in [0.717, 1.165) is 31.5 Å². The maximum Gasteiger partial charge on any atom is 0.319 e. The molecule has 0 spiro atoms. The summed E-state index contributed by atoms with van der Waals surface area (Å²) in [5.41, 5.74) is 1.24. The number of pyridine rings is 1. The Morgan fingerprint density at radius 1 is 1.27 bits per heavy atom. The van der Waals surface area contributed by atoms with Crippen LogP contribution in [0.15, 0.2) is 18.3 Å². The Bertz CT molecular complexity index is 780. The number of hydrogen-bond donors (Lipinski definition) is 2. The van der Waals surface area contributed by atoms with E-state index in [9.17, 15) is 9.59 Å². The summed E-state index contributed by atoms with van der Waals surface area (Å²) in [6.45, 7) is 4.71. The maximum absolute atomic E-state index is 12.2. The van der Waals surface area contributed by atoms with Crippen molar-refractivity contribution >= 4 is 23.3 Å². The van der Waals surface area contributed by atoms with Crippen LogP contribution in [0.3, 0.4) is 0 Å². The van der Waals surface area contributed by atoms with Crippen molar-refractivity contribution in [1.29, 1.82) is 0 Å². The molecule has 0 unspecified atom stereocenters. The van der Waals surface area contributed by atoms with Gasteiger partial charge in [0.2, 0.25) is 0 Å². The number of amides is 2. The van der Waals surface area contributed by atoms with E-state index in [1.807, 2.05) is 30.5 Å². The van der Waals surface area contributed by atoms with Gasteiger partial charge in [-0.15, -0.1) is 10.2 Å². The lowest BCUT2D eigenvalue weighted by Gasteiger charge is -2.27. The molecule has 2 amide bonds. The van der Waals surface area contributed by atoms with E-state index in [1.54, 1.807) is 6.07 Å². The topological polar surface area (TPSA) is 97.6 Å². The monoisotopic (exact) mass is 359 g/mol. The molecule has 0 aromatic carbocycles. The first-order valence-corrected chi connectivity index (χ1v) is 9.10. The Balaban J connectivity index is 1.47. The Morgan fingerprint density at radius 3 is 2.77 bits per heavy atom. The standard InChI is InChI=1S/C18H25N5O3/c1-3-26-17(24)14-8-6-13(7-9-14)11-19-18(25)20-15-5-4-10-23-12(2)21-22-16(15)23/h4-5,10,13-14H,3,6-9,11H2,1-2H3,(H2,19,20,25). The van der Waals surface area contributed by atoms with Crippen LogP contribution < -0.4 is 10.6 Å². The second-order valence-corrected chi connectivity index (χ2v) is 6.67. The van der Waals surface area contributed by atoms with Crippen LogP contribution in [0.25, 0.3) is 5.65 Å². The molecule has 0 saturated heterocycles. The van der Waals surface area contributed by atoms with Crippen LogP contribution in [0, 0.1) is 18.8 Å². The van der Waals surface area contributed by atoms with Crippen LogP contribution in [0.1, 0.15) is 38.4 Å². The lowest BCUT2D eigenvalue weighted by Crippen LogP contribution is -2.35. The third kappa shape index (κ3) is 4.12. The molecule has 0 aliphatic heterocycles. The maximum atomic E-state index is 12.2. The number of ether oxygens (including phenoxy) is 1. The molecule has 2 heterocycles. The lowest BCUT2D eigenvalue weighted by atomic mass is 9.82. The van der Waals surface area contributed by atoms with Crippen molar-refractivity contribution in [2.75, 3.05) is 18.5 Å². The summed E-state index contributed by atoms with van der Waals surface area (Å²) in [6, 6.07) is 3.38. The zero-order valence-corrected chi connectivity index (χ0v) is 15.2. The summed E-state index contributed by atoms with van der Waals surface area (Å²) in [4.78, 5) is 24.0. The average molecular weight is 359 g/mol. The highest BCUT2D eigenvalue weighted by molar-refractivity contribution is 5.93. The summed E-state index contributed by atoms with van der Waals surface area (Å²) >= 11 is 0. The van der Waals surface area contributed by atoms with Gasteiger partial charge in [-0.1, -0.05) is 0 Å². The molecule has 26 heavy (non-hydrogen) atoms. The SMILES string of the molecule is CCOC(=O)C1CCC(CNC(=O)Nc2cccn3c(C)nnc23)CC1. The van der Waals surface area contributed by atoms with Gasteiger partial charge in [0, 0.05) is 12.7 Å². The van der Waals surface area contributed by atoms with Crippen molar-refractivity contribution in [1.82, 2.24) is 19.9 Å². The van der Waals surface area contributed by atoms with Crippen molar-refractivity contribution in [3.05, 3.63) is 24.2 Å². The molecule has 140 valence electrons. The number of carbonyl (C=O) groups is 2. The Labute approximate surface area is 152 Å². The average Bonchev–Trinajstić information content (AvgIpc) is 3.03. The summed E-state index contributed by atoms with van der Waals surface area (Å²) in [5.74, 6) is 1.07. The zero-order valence-electron chi connectivity index (χ0n) is 15.2. The number of aryl methyl sites for hydroxylation is 1. The number of nitrogens with zero attached hydrogens (tertiary/aromatic N) is 3. The molecule has 1 aliphatic rings. The second-order valence-electron chi connectivity index (χ2n) is 6.67. The van der Waals surface area contributed by atoms with Gasteiger partial charge in [-0.05, 0) is 57.6 Å². The van der Waals surface area contributed by atoms with Crippen molar-refractivity contribution in [2.24, 2.45) is 11.8 Å². The van der Waals surface area contributed by atoms with Gasteiger partial charge in [-0.3, -0.25) is 9.20 Å². The van der Waals surface area contributed by atoms with Crippen LogP contribution in [0.4, 0.5) is 10.5 Å². The van der Waals surface area contributed by atoms with Crippen LogP contribution >= 0.6 is 0 Å². The van der Waals surface area contributed by atoms with Gasteiger partial charge < -0.3 is 15.4 Å². The number of carbonyl (C=O) groups excluding carboxylic acids is 2. The van der Waals surface area contributed by atoms with Crippen molar-refractivity contribution in [2.45, 2.75) is 39.5 Å². The largest absolute Gasteiger partial charge is 0.466 e. The molecular weight excluding hydrogens is 334 g/mol. The highest BCUT2D eigenvalue weighted by Crippen LogP contribution is 2.29. The van der Waals surface area contributed by atoms with Gasteiger partial charge >= 0.3 is 12.0 Å². The molecule has 2 aromatic heterocycles. The number of nitrogens with one attached hydrogen (secondary N) is 2. The van der Waals surface area contributed by atoms with Gasteiger partial charge in [0.05, 0.1) is 18.2 Å². The Kier molecular flexibility index (Phi) is 5.70. The van der Waals surface area contributed by atoms with Crippen molar-refractivity contribution < 1.29 is 14.3 Å². The van der Waals surface area contributed by atoms with E-state index >= 15 is 0 Å². The van der Waals surface area contributed by atoms with Gasteiger partial charge in [0.25, 0.3) is 0 Å². The molecule has 0 radical (unpaired) electrons. The third-order valence-corrected chi connectivity index (χ3v) is 4.87. The summed E-state index contributed by atoms with van der Waals surface area (Å²) in [6.07, 6.45) is 5.34. The molecule has 1 saturated carbocycles. The van der Waals surface area contributed by atoms with Crippen LogP contribution in [-0.2, 0) is 9.53 Å². The van der Waals surface area contributed by atoms with Crippen LogP contribution in [0.5, 0.6) is 0 Å². The van der Waals surface area contributed by atoms with E-state index in [0.29, 0.717) is 30.4 Å². The highest BCUT2D eigenvalue weighted by Gasteiger charge is 2.27. The first-order valence-electron chi connectivity index (χ1n) is 9.10. The van der Waals surface area contributed by atoms with Crippen molar-refractivity contribution in [3.8, 4) is 0 Å². The third-order valence-electron chi connectivity index (χ3n) is 4.87. The number of anilines is 1. The van der Waals surface area contributed by atoms with Crippen LogP contribution in [-0.4, -0.2) is 39.8 Å². The number of esters is 1.